The van der Waals surface area contributed by atoms with Crippen molar-refractivity contribution in [2.24, 2.45) is 5.92 Å². The molecule has 14 heavy (non-hydrogen) atoms. The first-order chi connectivity index (χ1) is 6.70. The van der Waals surface area contributed by atoms with Crippen molar-refractivity contribution in [1.82, 2.24) is 0 Å². The molecule has 1 aromatic carbocycles. The van der Waals surface area contributed by atoms with E-state index in [2.05, 4.69) is 4.89 Å². The van der Waals surface area contributed by atoms with Gasteiger partial charge in [-0.1, -0.05) is 44.2 Å². The largest absolute Gasteiger partial charge is 0.344 e. The van der Waals surface area contributed by atoms with Crippen molar-refractivity contribution in [1.29, 1.82) is 0 Å². The molecule has 0 fully saturated rings. The van der Waals surface area contributed by atoms with E-state index in [1.807, 2.05) is 30.3 Å². The molecule has 0 heterocycles. The molecule has 0 saturated heterocycles. The van der Waals surface area contributed by atoms with Gasteiger partial charge in [-0.05, 0) is 5.56 Å². The van der Waals surface area contributed by atoms with Gasteiger partial charge in [0.2, 0.25) is 0 Å². The minimum Gasteiger partial charge on any atom is -0.298 e. The molecular formula is C11H14O3. The molecule has 0 aliphatic rings. The Morgan fingerprint density at radius 3 is 2.50 bits per heavy atom. The van der Waals surface area contributed by atoms with Crippen LogP contribution in [0.25, 0.3) is 0 Å². The van der Waals surface area contributed by atoms with E-state index < -0.39 is 0 Å². The summed E-state index contributed by atoms with van der Waals surface area (Å²) in [7, 11) is 0. The second-order valence-electron chi connectivity index (χ2n) is 3.30. The van der Waals surface area contributed by atoms with Gasteiger partial charge in [0.05, 0.1) is 5.92 Å². The van der Waals surface area contributed by atoms with Crippen LogP contribution < -0.4 is 0 Å². The Labute approximate surface area is 83.6 Å². The zero-order valence-electron chi connectivity index (χ0n) is 8.40. The van der Waals surface area contributed by atoms with Gasteiger partial charge in [-0.3, -0.25) is 4.89 Å². The van der Waals surface area contributed by atoms with Gasteiger partial charge < -0.3 is 0 Å². The minimum absolute atomic E-state index is 0.161. The molecule has 0 aliphatic heterocycles. The number of carbonyl (C=O) groups excluding carboxylic acids is 1. The first-order valence-electron chi connectivity index (χ1n) is 4.57. The highest BCUT2D eigenvalue weighted by molar-refractivity contribution is 5.70. The van der Waals surface area contributed by atoms with Crippen molar-refractivity contribution in [3.63, 3.8) is 0 Å². The smallest absolute Gasteiger partial charge is 0.298 e. The van der Waals surface area contributed by atoms with Gasteiger partial charge in [-0.2, -0.15) is 4.89 Å². The molecule has 0 radical (unpaired) electrons. The van der Waals surface area contributed by atoms with Gasteiger partial charge >= 0.3 is 5.97 Å². The van der Waals surface area contributed by atoms with Crippen LogP contribution >= 0.6 is 0 Å². The van der Waals surface area contributed by atoms with E-state index in [4.69, 9.17) is 4.89 Å². The average molecular weight is 194 g/mol. The van der Waals surface area contributed by atoms with Gasteiger partial charge in [0.25, 0.3) is 0 Å². The highest BCUT2D eigenvalue weighted by Gasteiger charge is 2.08. The minimum atomic E-state index is -0.346. The fourth-order valence-electron chi connectivity index (χ4n) is 0.826. The lowest BCUT2D eigenvalue weighted by Gasteiger charge is -2.05. The molecule has 0 aliphatic carbocycles. The summed E-state index contributed by atoms with van der Waals surface area (Å²) in [6, 6.07) is 9.54. The topological polar surface area (TPSA) is 35.5 Å². The molecule has 0 spiro atoms. The number of hydrogen-bond acceptors (Lipinski definition) is 3. The van der Waals surface area contributed by atoms with Gasteiger partial charge in [0.1, 0.15) is 6.61 Å². The van der Waals surface area contributed by atoms with Crippen LogP contribution in [-0.2, 0) is 21.2 Å². The molecule has 0 aromatic heterocycles. The molecule has 3 heteroatoms. The average Bonchev–Trinajstić information content (AvgIpc) is 2.19. The Hall–Kier alpha value is -1.35. The Balaban J connectivity index is 2.26. The van der Waals surface area contributed by atoms with Crippen LogP contribution in [0.3, 0.4) is 0 Å². The highest BCUT2D eigenvalue weighted by Crippen LogP contribution is 2.02. The maximum atomic E-state index is 11.0. The molecule has 3 nitrogen and oxygen atoms in total. The van der Waals surface area contributed by atoms with Crippen LogP contribution in [0.2, 0.25) is 0 Å². The summed E-state index contributed by atoms with van der Waals surface area (Å²) in [5.74, 6) is -0.508. The van der Waals surface area contributed by atoms with E-state index in [0.717, 1.165) is 5.56 Å². The molecule has 0 saturated carbocycles. The summed E-state index contributed by atoms with van der Waals surface area (Å²) < 4.78 is 0. The first kappa shape index (κ1) is 10.7. The Morgan fingerprint density at radius 2 is 1.93 bits per heavy atom. The maximum Gasteiger partial charge on any atom is 0.344 e. The zero-order chi connectivity index (χ0) is 10.4. The monoisotopic (exact) mass is 194 g/mol. The van der Waals surface area contributed by atoms with E-state index in [9.17, 15) is 4.79 Å². The summed E-state index contributed by atoms with van der Waals surface area (Å²) >= 11 is 0. The fraction of sp³-hybridized carbons (Fsp3) is 0.364. The molecule has 1 rings (SSSR count). The van der Waals surface area contributed by atoms with Crippen molar-refractivity contribution in [3.05, 3.63) is 35.9 Å². The summed E-state index contributed by atoms with van der Waals surface area (Å²) in [5, 5.41) is 0. The second-order valence-corrected chi connectivity index (χ2v) is 3.30. The number of benzene rings is 1. The quantitative estimate of drug-likeness (QED) is 0.545. The van der Waals surface area contributed by atoms with Crippen molar-refractivity contribution < 1.29 is 14.6 Å². The third-order valence-corrected chi connectivity index (χ3v) is 1.68. The van der Waals surface area contributed by atoms with Crippen molar-refractivity contribution in [3.8, 4) is 0 Å². The van der Waals surface area contributed by atoms with Crippen LogP contribution in [0, 0.1) is 5.92 Å². The zero-order valence-corrected chi connectivity index (χ0v) is 8.40. The number of hydrogen-bond donors (Lipinski definition) is 0. The van der Waals surface area contributed by atoms with Gasteiger partial charge in [0.15, 0.2) is 0 Å². The summed E-state index contributed by atoms with van der Waals surface area (Å²) in [4.78, 5) is 20.3. The summed E-state index contributed by atoms with van der Waals surface area (Å²) in [6.45, 7) is 3.81. The van der Waals surface area contributed by atoms with Crippen LogP contribution in [0.5, 0.6) is 0 Å². The molecular weight excluding hydrogens is 180 g/mol. The Morgan fingerprint density at radius 1 is 1.29 bits per heavy atom. The van der Waals surface area contributed by atoms with Crippen LogP contribution in [0.4, 0.5) is 0 Å². The second kappa shape index (κ2) is 5.40. The molecule has 76 valence electrons. The Bertz CT molecular complexity index is 280. The van der Waals surface area contributed by atoms with E-state index in [1.54, 1.807) is 13.8 Å². The third kappa shape index (κ3) is 3.58. The lowest BCUT2D eigenvalue weighted by Crippen LogP contribution is -2.11. The molecule has 0 amide bonds. The predicted octanol–water partition coefficient (Wildman–Crippen LogP) is 2.32. The van der Waals surface area contributed by atoms with Crippen LogP contribution in [-0.4, -0.2) is 5.97 Å². The van der Waals surface area contributed by atoms with Gasteiger partial charge in [-0.25, -0.2) is 4.79 Å². The van der Waals surface area contributed by atoms with Crippen molar-refractivity contribution >= 4 is 5.97 Å². The third-order valence-electron chi connectivity index (χ3n) is 1.68. The molecule has 0 bridgehead atoms. The lowest BCUT2D eigenvalue weighted by atomic mass is 10.2. The molecule has 0 atom stereocenters. The van der Waals surface area contributed by atoms with E-state index in [0.29, 0.717) is 6.61 Å². The standard InChI is InChI=1S/C11H14O3/c1-9(2)11(12)14-13-8-10-6-4-3-5-7-10/h3-7,9H,8H2,1-2H3. The predicted molar refractivity (Wildman–Crippen MR) is 52.2 cm³/mol. The van der Waals surface area contributed by atoms with E-state index in [-0.39, 0.29) is 11.9 Å². The molecule has 1 aromatic rings. The van der Waals surface area contributed by atoms with Crippen molar-refractivity contribution in [2.75, 3.05) is 0 Å². The maximum absolute atomic E-state index is 11.0. The summed E-state index contributed by atoms with van der Waals surface area (Å²) in [6.07, 6.45) is 0. The number of rotatable bonds is 4. The first-order valence-corrected chi connectivity index (χ1v) is 4.57. The van der Waals surface area contributed by atoms with E-state index in [1.165, 1.54) is 0 Å². The molecule has 0 unspecified atom stereocenters. The van der Waals surface area contributed by atoms with Gasteiger partial charge in [0, 0.05) is 0 Å². The number of carbonyl (C=O) groups is 1. The van der Waals surface area contributed by atoms with E-state index >= 15 is 0 Å². The van der Waals surface area contributed by atoms with Crippen molar-refractivity contribution in [2.45, 2.75) is 20.5 Å². The van der Waals surface area contributed by atoms with Crippen LogP contribution in [0.15, 0.2) is 30.3 Å². The normalized spacial score (nSPS) is 10.2. The highest BCUT2D eigenvalue weighted by atomic mass is 17.2. The lowest BCUT2D eigenvalue weighted by molar-refractivity contribution is -0.282. The summed E-state index contributed by atoms with van der Waals surface area (Å²) in [5.41, 5.74) is 0.976. The van der Waals surface area contributed by atoms with Gasteiger partial charge in [-0.15, -0.1) is 0 Å². The SMILES string of the molecule is CC(C)C(=O)OOCc1ccccc1. The molecule has 0 N–H and O–H groups in total. The fourth-order valence-corrected chi connectivity index (χ4v) is 0.826. The Kier molecular flexibility index (Phi) is 4.13. The van der Waals surface area contributed by atoms with Crippen LogP contribution in [0.1, 0.15) is 19.4 Å².